The molecule has 0 bridgehead atoms. The van der Waals surface area contributed by atoms with E-state index in [1.54, 1.807) is 0 Å². The first kappa shape index (κ1) is 15.4. The lowest BCUT2D eigenvalue weighted by Crippen LogP contribution is -2.37. The smallest absolute Gasteiger partial charge is 0.225 e. The van der Waals surface area contributed by atoms with Gasteiger partial charge in [-0.2, -0.15) is 0 Å². The van der Waals surface area contributed by atoms with Crippen molar-refractivity contribution in [2.75, 3.05) is 37.8 Å². The summed E-state index contributed by atoms with van der Waals surface area (Å²) in [5, 5.41) is 3.60. The third-order valence-electron chi connectivity index (χ3n) is 4.50. The van der Waals surface area contributed by atoms with Gasteiger partial charge in [0.15, 0.2) is 0 Å². The summed E-state index contributed by atoms with van der Waals surface area (Å²) in [7, 11) is 0. The molecule has 2 aliphatic heterocycles. The van der Waals surface area contributed by atoms with Crippen molar-refractivity contribution >= 4 is 5.95 Å². The Bertz CT molecular complexity index is 671. The van der Waals surface area contributed by atoms with E-state index < -0.39 is 0 Å². The van der Waals surface area contributed by atoms with E-state index in [9.17, 15) is 0 Å². The van der Waals surface area contributed by atoms with Crippen LogP contribution in [0.4, 0.5) is 5.95 Å². The van der Waals surface area contributed by atoms with Gasteiger partial charge in [-0.25, -0.2) is 9.97 Å². The second-order valence-electron chi connectivity index (χ2n) is 6.10. The number of ether oxygens (including phenoxy) is 2. The number of anilines is 1. The minimum atomic E-state index is 0.314. The van der Waals surface area contributed by atoms with Crippen LogP contribution in [0.1, 0.15) is 23.6 Å². The first-order valence-corrected chi connectivity index (χ1v) is 8.49. The van der Waals surface area contributed by atoms with Crippen LogP contribution in [-0.2, 0) is 11.3 Å². The Morgan fingerprint density at radius 1 is 1.08 bits per heavy atom. The van der Waals surface area contributed by atoms with Crippen LogP contribution in [0.25, 0.3) is 0 Å². The molecule has 1 fully saturated rings. The van der Waals surface area contributed by atoms with E-state index >= 15 is 0 Å². The maximum Gasteiger partial charge on any atom is 0.225 e. The number of morpholine rings is 1. The van der Waals surface area contributed by atoms with Gasteiger partial charge >= 0.3 is 0 Å². The predicted molar refractivity (Wildman–Crippen MR) is 91.2 cm³/mol. The van der Waals surface area contributed by atoms with Crippen LogP contribution in [0.2, 0.25) is 0 Å². The van der Waals surface area contributed by atoms with E-state index in [1.807, 2.05) is 24.5 Å². The molecule has 1 atom stereocenters. The van der Waals surface area contributed by atoms with Crippen molar-refractivity contribution in [3.8, 4) is 5.75 Å². The number of para-hydroxylation sites is 1. The zero-order chi connectivity index (χ0) is 16.2. The minimum Gasteiger partial charge on any atom is -0.493 e. The molecule has 6 nitrogen and oxygen atoms in total. The lowest BCUT2D eigenvalue weighted by Gasteiger charge is -2.27. The molecule has 3 heterocycles. The Morgan fingerprint density at radius 3 is 2.71 bits per heavy atom. The van der Waals surface area contributed by atoms with E-state index in [0.717, 1.165) is 63.1 Å². The van der Waals surface area contributed by atoms with E-state index in [2.05, 4.69) is 32.3 Å². The molecular formula is C18H22N4O2. The molecule has 0 saturated carbocycles. The maximum absolute atomic E-state index is 5.71. The summed E-state index contributed by atoms with van der Waals surface area (Å²) in [6.07, 6.45) is 4.80. The predicted octanol–water partition coefficient (Wildman–Crippen LogP) is 1.93. The quantitative estimate of drug-likeness (QED) is 0.926. The largest absolute Gasteiger partial charge is 0.493 e. The van der Waals surface area contributed by atoms with Gasteiger partial charge in [0.05, 0.1) is 19.8 Å². The number of nitrogens with one attached hydrogen (secondary N) is 1. The van der Waals surface area contributed by atoms with E-state index in [4.69, 9.17) is 9.47 Å². The van der Waals surface area contributed by atoms with E-state index in [1.165, 1.54) is 5.56 Å². The topological polar surface area (TPSA) is 59.5 Å². The van der Waals surface area contributed by atoms with Crippen molar-refractivity contribution in [1.82, 2.24) is 15.3 Å². The Balaban J connectivity index is 1.38. The molecule has 2 aliphatic rings. The number of hydrogen-bond acceptors (Lipinski definition) is 6. The molecule has 1 saturated heterocycles. The summed E-state index contributed by atoms with van der Waals surface area (Å²) in [4.78, 5) is 11.2. The Kier molecular flexibility index (Phi) is 4.57. The fraction of sp³-hybridized carbons (Fsp3) is 0.444. The molecule has 0 amide bonds. The molecule has 1 N–H and O–H groups in total. The van der Waals surface area contributed by atoms with Crippen molar-refractivity contribution in [1.29, 1.82) is 0 Å². The molecule has 0 spiro atoms. The second-order valence-corrected chi connectivity index (χ2v) is 6.10. The van der Waals surface area contributed by atoms with Gasteiger partial charge in [-0.05, 0) is 6.07 Å². The third-order valence-corrected chi connectivity index (χ3v) is 4.50. The monoisotopic (exact) mass is 326 g/mol. The molecular weight excluding hydrogens is 304 g/mol. The maximum atomic E-state index is 5.71. The van der Waals surface area contributed by atoms with Crippen molar-refractivity contribution in [3.05, 3.63) is 47.8 Å². The molecule has 2 aromatic rings. The molecule has 6 heteroatoms. The average molecular weight is 326 g/mol. The number of fused-ring (bicyclic) bond motifs is 1. The third kappa shape index (κ3) is 3.34. The molecule has 24 heavy (non-hydrogen) atoms. The van der Waals surface area contributed by atoms with Crippen LogP contribution in [0.3, 0.4) is 0 Å². The summed E-state index contributed by atoms with van der Waals surface area (Å²) in [6, 6.07) is 8.55. The van der Waals surface area contributed by atoms with Crippen LogP contribution >= 0.6 is 0 Å². The number of hydrogen-bond donors (Lipinski definition) is 1. The van der Waals surface area contributed by atoms with E-state index in [-0.39, 0.29) is 0 Å². The molecule has 1 aromatic carbocycles. The summed E-state index contributed by atoms with van der Waals surface area (Å²) >= 11 is 0. The van der Waals surface area contributed by atoms with Gasteiger partial charge in [-0.1, -0.05) is 18.2 Å². The van der Waals surface area contributed by atoms with Crippen LogP contribution < -0.4 is 15.0 Å². The summed E-state index contributed by atoms with van der Waals surface area (Å²) in [5.41, 5.74) is 2.32. The molecule has 1 aromatic heterocycles. The molecule has 0 aliphatic carbocycles. The number of nitrogens with zero attached hydrogens (tertiary/aromatic N) is 3. The summed E-state index contributed by atoms with van der Waals surface area (Å²) in [5.74, 6) is 1.78. The Morgan fingerprint density at radius 2 is 1.88 bits per heavy atom. The molecule has 4 rings (SSSR count). The van der Waals surface area contributed by atoms with Gasteiger partial charge in [0, 0.05) is 55.6 Å². The summed E-state index contributed by atoms with van der Waals surface area (Å²) < 4.78 is 11.1. The van der Waals surface area contributed by atoms with Crippen molar-refractivity contribution in [3.63, 3.8) is 0 Å². The van der Waals surface area contributed by atoms with Gasteiger partial charge in [0.2, 0.25) is 5.95 Å². The van der Waals surface area contributed by atoms with Gasteiger partial charge in [0.25, 0.3) is 0 Å². The zero-order valence-electron chi connectivity index (χ0n) is 13.6. The van der Waals surface area contributed by atoms with Gasteiger partial charge in [-0.15, -0.1) is 0 Å². The first-order valence-electron chi connectivity index (χ1n) is 8.49. The zero-order valence-corrected chi connectivity index (χ0v) is 13.6. The van der Waals surface area contributed by atoms with Gasteiger partial charge in [0.1, 0.15) is 5.75 Å². The van der Waals surface area contributed by atoms with Crippen LogP contribution in [-0.4, -0.2) is 42.9 Å². The highest BCUT2D eigenvalue weighted by molar-refractivity contribution is 5.37. The number of aromatic nitrogens is 2. The van der Waals surface area contributed by atoms with Gasteiger partial charge in [-0.3, -0.25) is 0 Å². The standard InChI is InChI=1S/C18H22N4O2/c1-2-4-17-15(3-1)16(5-8-24-17)19-11-14-12-20-18(21-13-14)22-6-9-23-10-7-22/h1-4,12-13,16,19H,5-11H2/t16-/m0/s1. The summed E-state index contributed by atoms with van der Waals surface area (Å²) in [6.45, 7) is 4.71. The number of rotatable bonds is 4. The molecule has 0 radical (unpaired) electrons. The van der Waals surface area contributed by atoms with E-state index in [0.29, 0.717) is 6.04 Å². The highest BCUT2D eigenvalue weighted by Crippen LogP contribution is 2.31. The van der Waals surface area contributed by atoms with Crippen LogP contribution in [0.5, 0.6) is 5.75 Å². The fourth-order valence-electron chi connectivity index (χ4n) is 3.16. The highest BCUT2D eigenvalue weighted by atomic mass is 16.5. The minimum absolute atomic E-state index is 0.314. The highest BCUT2D eigenvalue weighted by Gasteiger charge is 2.20. The first-order chi connectivity index (χ1) is 11.9. The van der Waals surface area contributed by atoms with Crippen molar-refractivity contribution in [2.45, 2.75) is 19.0 Å². The lowest BCUT2D eigenvalue weighted by atomic mass is 10.0. The van der Waals surface area contributed by atoms with Gasteiger partial charge < -0.3 is 19.7 Å². The van der Waals surface area contributed by atoms with Crippen LogP contribution in [0.15, 0.2) is 36.7 Å². The second kappa shape index (κ2) is 7.15. The average Bonchev–Trinajstić information content (AvgIpc) is 2.67. The van der Waals surface area contributed by atoms with Crippen molar-refractivity contribution in [2.24, 2.45) is 0 Å². The SMILES string of the molecule is c1ccc2c(c1)OCC[C@@H]2NCc1cnc(N2CCOCC2)nc1. The Labute approximate surface area is 141 Å². The molecule has 126 valence electrons. The van der Waals surface area contributed by atoms with Crippen molar-refractivity contribution < 1.29 is 9.47 Å². The lowest BCUT2D eigenvalue weighted by molar-refractivity contribution is 0.122. The van der Waals surface area contributed by atoms with Crippen LogP contribution in [0, 0.1) is 0 Å². The fourth-order valence-corrected chi connectivity index (χ4v) is 3.16. The number of benzene rings is 1. The Hall–Kier alpha value is -2.18. The normalized spacial score (nSPS) is 20.3. The molecule has 0 unspecified atom stereocenters.